The average molecular weight is 295 g/mol. The molecular formula is C12H17N5O2S. The number of hydrogen-bond donors (Lipinski definition) is 0. The van der Waals surface area contributed by atoms with E-state index in [9.17, 15) is 8.42 Å². The Morgan fingerprint density at radius 2 is 2.00 bits per heavy atom. The van der Waals surface area contributed by atoms with Gasteiger partial charge in [-0.2, -0.15) is 5.26 Å². The second-order valence-corrected chi connectivity index (χ2v) is 6.86. The van der Waals surface area contributed by atoms with Crippen LogP contribution in [0.5, 0.6) is 0 Å². The molecule has 7 nitrogen and oxygen atoms in total. The van der Waals surface area contributed by atoms with Gasteiger partial charge in [0, 0.05) is 26.2 Å². The third-order valence-corrected chi connectivity index (χ3v) is 4.86. The van der Waals surface area contributed by atoms with Crippen LogP contribution in [0.2, 0.25) is 0 Å². The van der Waals surface area contributed by atoms with Crippen molar-refractivity contribution >= 4 is 15.8 Å². The highest BCUT2D eigenvalue weighted by molar-refractivity contribution is 7.88. The van der Waals surface area contributed by atoms with Gasteiger partial charge in [-0.3, -0.25) is 0 Å². The SMILES string of the molecule is CN(c1cnc(C#N)cn1)C1CCN(S(C)(=O)=O)CC1. The summed E-state index contributed by atoms with van der Waals surface area (Å²) in [6, 6.07) is 2.16. The van der Waals surface area contributed by atoms with Crippen LogP contribution in [0, 0.1) is 11.3 Å². The summed E-state index contributed by atoms with van der Waals surface area (Å²) in [7, 11) is -1.18. The molecule has 0 atom stereocenters. The van der Waals surface area contributed by atoms with Gasteiger partial charge in [-0.25, -0.2) is 22.7 Å². The molecule has 20 heavy (non-hydrogen) atoms. The van der Waals surface area contributed by atoms with Crippen molar-refractivity contribution in [1.29, 1.82) is 5.26 Å². The van der Waals surface area contributed by atoms with E-state index in [1.54, 1.807) is 6.20 Å². The van der Waals surface area contributed by atoms with E-state index in [0.29, 0.717) is 18.9 Å². The first-order valence-corrected chi connectivity index (χ1v) is 8.17. The summed E-state index contributed by atoms with van der Waals surface area (Å²) in [5, 5.41) is 8.69. The smallest absolute Gasteiger partial charge is 0.211 e. The third kappa shape index (κ3) is 3.23. The van der Waals surface area contributed by atoms with E-state index >= 15 is 0 Å². The zero-order valence-corrected chi connectivity index (χ0v) is 12.3. The van der Waals surface area contributed by atoms with E-state index in [1.165, 1.54) is 16.8 Å². The highest BCUT2D eigenvalue weighted by Crippen LogP contribution is 2.21. The summed E-state index contributed by atoms with van der Waals surface area (Å²) in [5.74, 6) is 0.696. The Morgan fingerprint density at radius 3 is 2.45 bits per heavy atom. The largest absolute Gasteiger partial charge is 0.355 e. The predicted octanol–water partition coefficient (Wildman–Crippen LogP) is 0.208. The van der Waals surface area contributed by atoms with Crippen LogP contribution >= 0.6 is 0 Å². The number of aromatic nitrogens is 2. The van der Waals surface area contributed by atoms with Gasteiger partial charge in [-0.1, -0.05) is 0 Å². The number of piperidine rings is 1. The van der Waals surface area contributed by atoms with Gasteiger partial charge in [-0.15, -0.1) is 0 Å². The maximum absolute atomic E-state index is 11.5. The number of hydrogen-bond acceptors (Lipinski definition) is 6. The van der Waals surface area contributed by atoms with Crippen LogP contribution in [0.25, 0.3) is 0 Å². The lowest BCUT2D eigenvalue weighted by molar-refractivity contribution is 0.316. The fourth-order valence-electron chi connectivity index (χ4n) is 2.31. The predicted molar refractivity (Wildman–Crippen MR) is 74.6 cm³/mol. The molecule has 1 saturated heterocycles. The Morgan fingerprint density at radius 1 is 1.35 bits per heavy atom. The first kappa shape index (κ1) is 14.7. The highest BCUT2D eigenvalue weighted by Gasteiger charge is 2.27. The number of sulfonamides is 1. The molecule has 2 rings (SSSR count). The van der Waals surface area contributed by atoms with Crippen LogP contribution < -0.4 is 4.90 Å². The van der Waals surface area contributed by atoms with Gasteiger partial charge >= 0.3 is 0 Å². The second kappa shape index (κ2) is 5.73. The number of anilines is 1. The average Bonchev–Trinajstić information content (AvgIpc) is 2.46. The van der Waals surface area contributed by atoms with Crippen molar-refractivity contribution in [3.63, 3.8) is 0 Å². The van der Waals surface area contributed by atoms with Crippen LogP contribution in [0.4, 0.5) is 5.82 Å². The van der Waals surface area contributed by atoms with Gasteiger partial charge in [0.05, 0.1) is 18.6 Å². The van der Waals surface area contributed by atoms with Gasteiger partial charge < -0.3 is 4.90 Å². The minimum absolute atomic E-state index is 0.232. The topological polar surface area (TPSA) is 90.2 Å². The van der Waals surface area contributed by atoms with Crippen molar-refractivity contribution in [3.8, 4) is 6.07 Å². The van der Waals surface area contributed by atoms with E-state index in [0.717, 1.165) is 12.8 Å². The summed E-state index contributed by atoms with van der Waals surface area (Å²) >= 11 is 0. The van der Waals surface area contributed by atoms with Crippen LogP contribution in [0.3, 0.4) is 0 Å². The van der Waals surface area contributed by atoms with E-state index in [2.05, 4.69) is 9.97 Å². The Bertz CT molecular complexity index is 600. The first-order valence-electron chi connectivity index (χ1n) is 6.32. The maximum atomic E-state index is 11.5. The molecule has 1 aliphatic heterocycles. The minimum Gasteiger partial charge on any atom is -0.355 e. The summed E-state index contributed by atoms with van der Waals surface area (Å²) in [5.41, 5.74) is 0.286. The Labute approximate surface area is 118 Å². The van der Waals surface area contributed by atoms with Crippen molar-refractivity contribution in [2.75, 3.05) is 31.3 Å². The van der Waals surface area contributed by atoms with Gasteiger partial charge in [0.25, 0.3) is 0 Å². The molecule has 0 radical (unpaired) electrons. The molecule has 0 aromatic carbocycles. The normalized spacial score (nSPS) is 17.6. The van der Waals surface area contributed by atoms with Crippen molar-refractivity contribution < 1.29 is 8.42 Å². The maximum Gasteiger partial charge on any atom is 0.211 e. The fourth-order valence-corrected chi connectivity index (χ4v) is 3.18. The monoisotopic (exact) mass is 295 g/mol. The van der Waals surface area contributed by atoms with Gasteiger partial charge in [0.2, 0.25) is 10.0 Å². The lowest BCUT2D eigenvalue weighted by Crippen LogP contribution is -2.45. The molecule has 108 valence electrons. The Balaban J connectivity index is 2.01. The van der Waals surface area contributed by atoms with Crippen LogP contribution in [-0.2, 0) is 10.0 Å². The lowest BCUT2D eigenvalue weighted by atomic mass is 10.1. The van der Waals surface area contributed by atoms with Gasteiger partial charge in [0.15, 0.2) is 5.69 Å². The number of rotatable bonds is 3. The van der Waals surface area contributed by atoms with E-state index < -0.39 is 10.0 Å². The Hall–Kier alpha value is -1.72. The molecule has 2 heterocycles. The molecule has 0 spiro atoms. The molecule has 0 aliphatic carbocycles. The molecule has 0 unspecified atom stereocenters. The van der Waals surface area contributed by atoms with Gasteiger partial charge in [0.1, 0.15) is 11.9 Å². The van der Waals surface area contributed by atoms with Crippen LogP contribution in [-0.4, -0.2) is 55.1 Å². The summed E-state index contributed by atoms with van der Waals surface area (Å²) in [4.78, 5) is 10.2. The van der Waals surface area contributed by atoms with Gasteiger partial charge in [-0.05, 0) is 12.8 Å². The summed E-state index contributed by atoms with van der Waals surface area (Å²) in [6.07, 6.45) is 5.76. The first-order chi connectivity index (χ1) is 9.41. The molecule has 1 aliphatic rings. The van der Waals surface area contributed by atoms with Crippen molar-refractivity contribution in [2.45, 2.75) is 18.9 Å². The zero-order valence-electron chi connectivity index (χ0n) is 11.5. The molecule has 0 N–H and O–H groups in total. The van der Waals surface area contributed by atoms with Crippen molar-refractivity contribution in [3.05, 3.63) is 18.1 Å². The molecule has 0 saturated carbocycles. The summed E-state index contributed by atoms with van der Waals surface area (Å²) < 4.78 is 24.4. The van der Waals surface area contributed by atoms with E-state index in [-0.39, 0.29) is 11.7 Å². The van der Waals surface area contributed by atoms with Crippen LogP contribution in [0.1, 0.15) is 18.5 Å². The highest BCUT2D eigenvalue weighted by atomic mass is 32.2. The molecule has 1 aromatic heterocycles. The standard InChI is InChI=1S/C12H17N5O2S/c1-16(12-9-14-10(7-13)8-15-12)11-3-5-17(6-4-11)20(2,18)19/h8-9,11H,3-6H2,1-2H3. The zero-order chi connectivity index (χ0) is 14.8. The minimum atomic E-state index is -3.10. The molecule has 0 bridgehead atoms. The van der Waals surface area contributed by atoms with E-state index in [1.807, 2.05) is 18.0 Å². The molecule has 1 aromatic rings. The quantitative estimate of drug-likeness (QED) is 0.791. The van der Waals surface area contributed by atoms with Crippen LogP contribution in [0.15, 0.2) is 12.4 Å². The lowest BCUT2D eigenvalue weighted by Gasteiger charge is -2.36. The van der Waals surface area contributed by atoms with Crippen molar-refractivity contribution in [1.82, 2.24) is 14.3 Å². The summed E-state index contributed by atoms with van der Waals surface area (Å²) in [6.45, 7) is 1.05. The van der Waals surface area contributed by atoms with Crippen molar-refractivity contribution in [2.24, 2.45) is 0 Å². The second-order valence-electron chi connectivity index (χ2n) is 4.88. The molecule has 1 fully saturated rings. The molecular weight excluding hydrogens is 278 g/mol. The molecule has 8 heteroatoms. The number of nitriles is 1. The number of nitrogens with zero attached hydrogens (tertiary/aromatic N) is 5. The third-order valence-electron chi connectivity index (χ3n) is 3.55. The Kier molecular flexibility index (Phi) is 4.20. The fraction of sp³-hybridized carbons (Fsp3) is 0.583. The van der Waals surface area contributed by atoms with E-state index in [4.69, 9.17) is 5.26 Å². The molecule has 0 amide bonds.